The van der Waals surface area contributed by atoms with Gasteiger partial charge in [-0.05, 0) is 35.7 Å². The molecule has 148 valence electrons. The molecule has 2 aromatic rings. The van der Waals surface area contributed by atoms with Gasteiger partial charge in [0.2, 0.25) is 0 Å². The Morgan fingerprint density at radius 3 is 2.74 bits per heavy atom. The molecule has 6 heteroatoms. The Hall–Kier alpha value is -1.33. The largest absolute Gasteiger partial charge is 0.396 e. The van der Waals surface area contributed by atoms with Crippen molar-refractivity contribution >= 4 is 28.9 Å². The number of ether oxygens (including phenoxy) is 1. The van der Waals surface area contributed by atoms with Crippen LogP contribution in [0.25, 0.3) is 0 Å². The van der Waals surface area contributed by atoms with Crippen LogP contribution in [0.5, 0.6) is 0 Å². The third-order valence-corrected chi connectivity index (χ3v) is 5.36. The van der Waals surface area contributed by atoms with Gasteiger partial charge in [-0.15, -0.1) is 0 Å². The van der Waals surface area contributed by atoms with Gasteiger partial charge < -0.3 is 15.6 Å². The monoisotopic (exact) mass is 410 g/mol. The van der Waals surface area contributed by atoms with Gasteiger partial charge in [-0.3, -0.25) is 4.98 Å². The second-order valence-electron chi connectivity index (χ2n) is 6.65. The summed E-state index contributed by atoms with van der Waals surface area (Å²) in [4.78, 5) is 4.33. The molecule has 0 fully saturated rings. The predicted octanol–water partition coefficient (Wildman–Crippen LogP) is 5.21. The van der Waals surface area contributed by atoms with E-state index in [0.717, 1.165) is 43.4 Å². The van der Waals surface area contributed by atoms with Crippen LogP contribution in [-0.4, -0.2) is 22.8 Å². The number of halogens is 2. The van der Waals surface area contributed by atoms with Crippen LogP contribution in [-0.2, 0) is 24.2 Å². The van der Waals surface area contributed by atoms with Crippen LogP contribution in [0.3, 0.4) is 0 Å². The molecule has 0 aliphatic carbocycles. The number of anilines is 1. The maximum Gasteiger partial charge on any atom is 0.0695 e. The lowest BCUT2D eigenvalue weighted by Crippen LogP contribution is -2.19. The third-order valence-electron chi connectivity index (χ3n) is 4.62. The molecule has 0 radical (unpaired) electrons. The summed E-state index contributed by atoms with van der Waals surface area (Å²) in [5, 5.41) is 10.5. The van der Waals surface area contributed by atoms with E-state index in [1.54, 1.807) is 12.3 Å². The fourth-order valence-electron chi connectivity index (χ4n) is 3.06. The fourth-order valence-corrected chi connectivity index (χ4v) is 3.63. The molecule has 3 N–H and O–H groups in total. The molecule has 1 unspecified atom stereocenters. The van der Waals surface area contributed by atoms with Crippen molar-refractivity contribution in [3.8, 4) is 0 Å². The van der Waals surface area contributed by atoms with Gasteiger partial charge in [-0.25, -0.2) is 0 Å². The van der Waals surface area contributed by atoms with Gasteiger partial charge in [-0.1, -0.05) is 55.5 Å². The Balaban J connectivity index is 2.08. The summed E-state index contributed by atoms with van der Waals surface area (Å²) in [6.45, 7) is 2.63. The van der Waals surface area contributed by atoms with Crippen LogP contribution < -0.4 is 5.73 Å². The van der Waals surface area contributed by atoms with Crippen LogP contribution in [0.1, 0.15) is 49.4 Å². The average Bonchev–Trinajstić information content (AvgIpc) is 2.68. The Morgan fingerprint density at radius 2 is 2.07 bits per heavy atom. The summed E-state index contributed by atoms with van der Waals surface area (Å²) in [7, 11) is 0. The van der Waals surface area contributed by atoms with Gasteiger partial charge >= 0.3 is 0 Å². The Morgan fingerprint density at radius 1 is 1.26 bits per heavy atom. The molecule has 2 rings (SSSR count). The standard InChI is InChI=1S/C21H28Cl2N2O2/c1-2-3-4-8-17(27-11-9-16-7-5-6-10-25-16)13-18-15(14-26)12-19(22)21(24)20(18)23/h5-7,10,12,17,26H,2-4,8-9,11,13-14,24H2,1H3. The molecule has 0 saturated heterocycles. The van der Waals surface area contributed by atoms with Crippen molar-refractivity contribution < 1.29 is 9.84 Å². The maximum absolute atomic E-state index is 9.70. The number of unbranched alkanes of at least 4 members (excludes halogenated alkanes) is 2. The number of nitrogen functional groups attached to an aromatic ring is 1. The molecule has 1 heterocycles. The topological polar surface area (TPSA) is 68.4 Å². The minimum atomic E-state index is -0.134. The fraction of sp³-hybridized carbons (Fsp3) is 0.476. The first-order valence-electron chi connectivity index (χ1n) is 9.44. The third kappa shape index (κ3) is 6.65. The number of benzene rings is 1. The molecule has 0 aliphatic rings. The molecule has 0 spiro atoms. The van der Waals surface area contributed by atoms with Crippen molar-refractivity contribution in [2.75, 3.05) is 12.3 Å². The Kier molecular flexibility index (Phi) is 9.35. The molecular weight excluding hydrogens is 383 g/mol. The molecule has 0 amide bonds. The highest BCUT2D eigenvalue weighted by Crippen LogP contribution is 2.35. The lowest BCUT2D eigenvalue weighted by molar-refractivity contribution is 0.0474. The second-order valence-corrected chi connectivity index (χ2v) is 7.43. The van der Waals surface area contributed by atoms with E-state index in [-0.39, 0.29) is 12.7 Å². The lowest BCUT2D eigenvalue weighted by atomic mass is 9.97. The second kappa shape index (κ2) is 11.5. The number of nitrogens with zero attached hydrogens (tertiary/aromatic N) is 1. The van der Waals surface area contributed by atoms with E-state index in [9.17, 15) is 5.11 Å². The predicted molar refractivity (Wildman–Crippen MR) is 112 cm³/mol. The molecule has 1 aromatic heterocycles. The van der Waals surface area contributed by atoms with Crippen molar-refractivity contribution in [3.63, 3.8) is 0 Å². The minimum Gasteiger partial charge on any atom is -0.396 e. The lowest BCUT2D eigenvalue weighted by Gasteiger charge is -2.21. The SMILES string of the molecule is CCCCCC(Cc1c(CO)cc(Cl)c(N)c1Cl)OCCc1ccccn1. The molecule has 0 bridgehead atoms. The summed E-state index contributed by atoms with van der Waals surface area (Å²) in [5.41, 5.74) is 8.87. The number of nitrogens with two attached hydrogens (primary N) is 1. The summed E-state index contributed by atoms with van der Waals surface area (Å²) in [5.74, 6) is 0. The number of hydrogen-bond acceptors (Lipinski definition) is 4. The van der Waals surface area contributed by atoms with Gasteiger partial charge in [0.25, 0.3) is 0 Å². The van der Waals surface area contributed by atoms with Crippen LogP contribution in [0.4, 0.5) is 5.69 Å². The molecule has 0 saturated carbocycles. The van der Waals surface area contributed by atoms with Crippen LogP contribution in [0.15, 0.2) is 30.5 Å². The van der Waals surface area contributed by atoms with Gasteiger partial charge in [0.1, 0.15) is 0 Å². The molecule has 27 heavy (non-hydrogen) atoms. The molecule has 1 atom stereocenters. The van der Waals surface area contributed by atoms with Gasteiger partial charge in [0, 0.05) is 24.7 Å². The van der Waals surface area contributed by atoms with E-state index in [2.05, 4.69) is 11.9 Å². The van der Waals surface area contributed by atoms with Crippen molar-refractivity contribution in [1.82, 2.24) is 4.98 Å². The summed E-state index contributed by atoms with van der Waals surface area (Å²) >= 11 is 12.5. The highest BCUT2D eigenvalue weighted by molar-refractivity contribution is 6.39. The van der Waals surface area contributed by atoms with E-state index in [4.69, 9.17) is 33.7 Å². The first-order chi connectivity index (χ1) is 13.1. The number of hydrogen-bond donors (Lipinski definition) is 2. The number of pyridine rings is 1. The van der Waals surface area contributed by atoms with Crippen LogP contribution >= 0.6 is 23.2 Å². The van der Waals surface area contributed by atoms with Crippen molar-refractivity contribution in [1.29, 1.82) is 0 Å². The number of aromatic nitrogens is 1. The summed E-state index contributed by atoms with van der Waals surface area (Å²) in [6.07, 6.45) is 7.47. The first-order valence-corrected chi connectivity index (χ1v) is 10.2. The van der Waals surface area contributed by atoms with E-state index >= 15 is 0 Å². The van der Waals surface area contributed by atoms with E-state index < -0.39 is 0 Å². The van der Waals surface area contributed by atoms with Crippen LogP contribution in [0.2, 0.25) is 10.0 Å². The Labute approximate surface area is 171 Å². The molecule has 0 aliphatic heterocycles. The Bertz CT molecular complexity index is 711. The zero-order valence-electron chi connectivity index (χ0n) is 15.8. The van der Waals surface area contributed by atoms with E-state index in [0.29, 0.717) is 34.3 Å². The number of rotatable bonds is 11. The van der Waals surface area contributed by atoms with Crippen LogP contribution in [0, 0.1) is 0 Å². The number of aliphatic hydroxyl groups is 1. The first kappa shape index (κ1) is 22.0. The molecular formula is C21H28Cl2N2O2. The summed E-state index contributed by atoms with van der Waals surface area (Å²) < 4.78 is 6.17. The van der Waals surface area contributed by atoms with Crippen molar-refractivity contribution in [2.24, 2.45) is 0 Å². The minimum absolute atomic E-state index is 0.00337. The highest BCUT2D eigenvalue weighted by atomic mass is 35.5. The van der Waals surface area contributed by atoms with E-state index in [1.165, 1.54) is 0 Å². The van der Waals surface area contributed by atoms with E-state index in [1.807, 2.05) is 18.2 Å². The average molecular weight is 411 g/mol. The summed E-state index contributed by atoms with van der Waals surface area (Å²) in [6, 6.07) is 7.57. The maximum atomic E-state index is 9.70. The normalized spacial score (nSPS) is 12.3. The zero-order chi connectivity index (χ0) is 19.6. The molecule has 4 nitrogen and oxygen atoms in total. The van der Waals surface area contributed by atoms with Gasteiger partial charge in [-0.2, -0.15) is 0 Å². The van der Waals surface area contributed by atoms with Gasteiger partial charge in [0.15, 0.2) is 0 Å². The van der Waals surface area contributed by atoms with Gasteiger partial charge in [0.05, 0.1) is 35.1 Å². The molecule has 1 aromatic carbocycles. The zero-order valence-corrected chi connectivity index (χ0v) is 17.3. The quantitative estimate of drug-likeness (QED) is 0.393. The highest BCUT2D eigenvalue weighted by Gasteiger charge is 2.19. The van der Waals surface area contributed by atoms with Crippen molar-refractivity contribution in [2.45, 2.75) is 58.2 Å². The number of aliphatic hydroxyl groups excluding tert-OH is 1. The smallest absolute Gasteiger partial charge is 0.0695 e. The van der Waals surface area contributed by atoms with Crippen molar-refractivity contribution in [3.05, 3.63) is 57.3 Å².